The Hall–Kier alpha value is -1.78. The number of nitriles is 1. The number of ether oxygens (including phenoxy) is 1. The Morgan fingerprint density at radius 1 is 1.27 bits per heavy atom. The third kappa shape index (κ3) is 3.38. The molecule has 4 aliphatic rings. The van der Waals surface area contributed by atoms with Gasteiger partial charge in [-0.15, -0.1) is 0 Å². The molecule has 162 valence electrons. The van der Waals surface area contributed by atoms with E-state index in [4.69, 9.17) is 21.7 Å². The van der Waals surface area contributed by atoms with Gasteiger partial charge in [0.05, 0.1) is 15.8 Å². The van der Waals surface area contributed by atoms with Gasteiger partial charge in [0.1, 0.15) is 5.75 Å². The average Bonchev–Trinajstić information content (AvgIpc) is 2.64. The summed E-state index contributed by atoms with van der Waals surface area (Å²) >= 11 is 6.22. The number of benzene rings is 1. The van der Waals surface area contributed by atoms with Crippen molar-refractivity contribution >= 4 is 27.3 Å². The number of sulfone groups is 1. The number of amidine groups is 1. The topological polar surface area (TPSA) is 94.2 Å². The second-order valence-electron chi connectivity index (χ2n) is 9.78. The highest BCUT2D eigenvalue weighted by atomic mass is 35.5. The number of hydrogen-bond acceptors (Lipinski definition) is 5. The molecule has 5 rings (SSSR count). The Bertz CT molecular complexity index is 1000. The van der Waals surface area contributed by atoms with Gasteiger partial charge in [-0.1, -0.05) is 23.7 Å². The summed E-state index contributed by atoms with van der Waals surface area (Å²) in [6.45, 7) is 3.52. The predicted octanol–water partition coefficient (Wildman–Crippen LogP) is 4.25. The standard InChI is InChI=1S/C22H28ClN3O3S/c1-21(2,29-18-7-5-4-6-17(18)23)20(25)26(13-24)19-15-8-14-9-16(19)12-22(10-14,11-15)30(3,27)28/h4-7,14-16,19,25H,8-12H2,1-3H3. The maximum atomic E-state index is 12.6. The Morgan fingerprint density at radius 3 is 2.40 bits per heavy atom. The van der Waals surface area contributed by atoms with Crippen LogP contribution in [0.1, 0.15) is 46.0 Å². The highest BCUT2D eigenvalue weighted by Gasteiger charge is 2.61. The first kappa shape index (κ1) is 21.5. The van der Waals surface area contributed by atoms with Crippen molar-refractivity contribution in [3.8, 4) is 11.9 Å². The lowest BCUT2D eigenvalue weighted by Crippen LogP contribution is -2.65. The van der Waals surface area contributed by atoms with Crippen LogP contribution in [0.4, 0.5) is 0 Å². The van der Waals surface area contributed by atoms with Gasteiger partial charge in [-0.05, 0) is 75.8 Å². The molecule has 0 aliphatic heterocycles. The zero-order chi connectivity index (χ0) is 21.9. The van der Waals surface area contributed by atoms with E-state index in [1.165, 1.54) is 11.2 Å². The minimum absolute atomic E-state index is 0.0794. The molecule has 4 fully saturated rings. The van der Waals surface area contributed by atoms with Crippen molar-refractivity contribution in [3.05, 3.63) is 29.3 Å². The Kier molecular flexibility index (Phi) is 5.10. The molecule has 1 N–H and O–H groups in total. The molecule has 4 aliphatic carbocycles. The Labute approximate surface area is 183 Å². The van der Waals surface area contributed by atoms with Crippen LogP contribution in [-0.2, 0) is 9.84 Å². The van der Waals surface area contributed by atoms with Crippen LogP contribution in [0.3, 0.4) is 0 Å². The van der Waals surface area contributed by atoms with Crippen molar-refractivity contribution in [1.29, 1.82) is 10.7 Å². The fourth-order valence-electron chi connectivity index (χ4n) is 6.21. The fourth-order valence-corrected chi connectivity index (χ4v) is 7.95. The lowest BCUT2D eigenvalue weighted by Gasteiger charge is -2.60. The summed E-state index contributed by atoms with van der Waals surface area (Å²) in [5.41, 5.74) is -1.07. The van der Waals surface area contributed by atoms with E-state index in [9.17, 15) is 13.7 Å². The molecule has 1 aromatic rings. The third-order valence-corrected chi connectivity index (χ3v) is 9.76. The van der Waals surface area contributed by atoms with E-state index in [0.29, 0.717) is 29.5 Å². The summed E-state index contributed by atoms with van der Waals surface area (Å²) in [6.07, 6.45) is 7.36. The molecule has 0 amide bonds. The summed E-state index contributed by atoms with van der Waals surface area (Å²) in [5, 5.41) is 19.3. The number of hydrogen-bond donors (Lipinski definition) is 1. The van der Waals surface area contributed by atoms with Crippen LogP contribution in [0.15, 0.2) is 24.3 Å². The third-order valence-electron chi connectivity index (χ3n) is 7.37. The smallest absolute Gasteiger partial charge is 0.185 e. The van der Waals surface area contributed by atoms with Gasteiger partial charge in [-0.2, -0.15) is 5.26 Å². The minimum Gasteiger partial charge on any atom is -0.478 e. The first-order valence-electron chi connectivity index (χ1n) is 10.4. The highest BCUT2D eigenvalue weighted by Crippen LogP contribution is 2.59. The van der Waals surface area contributed by atoms with Gasteiger partial charge in [0.25, 0.3) is 0 Å². The molecule has 0 radical (unpaired) electrons. The normalized spacial score (nSPS) is 32.5. The van der Waals surface area contributed by atoms with Crippen molar-refractivity contribution in [2.24, 2.45) is 17.8 Å². The molecule has 0 aromatic heterocycles. The van der Waals surface area contributed by atoms with Crippen molar-refractivity contribution in [2.45, 2.75) is 62.3 Å². The van der Waals surface area contributed by atoms with Crippen molar-refractivity contribution in [2.75, 3.05) is 6.26 Å². The van der Waals surface area contributed by atoms with Crippen LogP contribution in [0, 0.1) is 34.6 Å². The van der Waals surface area contributed by atoms with Gasteiger partial charge in [0.15, 0.2) is 27.5 Å². The molecular formula is C22H28ClN3O3S. The summed E-state index contributed by atoms with van der Waals surface area (Å²) in [6, 6.07) is 6.93. The van der Waals surface area contributed by atoms with Crippen LogP contribution in [0.2, 0.25) is 5.02 Å². The van der Waals surface area contributed by atoms with Crippen LogP contribution in [0.25, 0.3) is 0 Å². The van der Waals surface area contributed by atoms with E-state index in [1.807, 2.05) is 6.07 Å². The highest BCUT2D eigenvalue weighted by molar-refractivity contribution is 7.92. The minimum atomic E-state index is -3.17. The molecule has 8 heteroatoms. The SMILES string of the molecule is CC(C)(Oc1ccccc1Cl)C(=N)N(C#N)C1C2CC3CC1CC(S(C)(=O)=O)(C3)C2. The van der Waals surface area contributed by atoms with Gasteiger partial charge in [0, 0.05) is 6.26 Å². The van der Waals surface area contributed by atoms with Gasteiger partial charge in [-0.3, -0.25) is 10.3 Å². The average molecular weight is 450 g/mol. The molecule has 30 heavy (non-hydrogen) atoms. The maximum absolute atomic E-state index is 12.6. The first-order chi connectivity index (χ1) is 14.0. The zero-order valence-corrected chi connectivity index (χ0v) is 19.1. The van der Waals surface area contributed by atoms with Crippen molar-refractivity contribution < 1.29 is 13.2 Å². The van der Waals surface area contributed by atoms with E-state index in [2.05, 4.69) is 6.19 Å². The summed E-state index contributed by atoms with van der Waals surface area (Å²) in [4.78, 5) is 1.49. The van der Waals surface area contributed by atoms with E-state index in [0.717, 1.165) is 19.3 Å². The lowest BCUT2D eigenvalue weighted by molar-refractivity contribution is -0.0242. The van der Waals surface area contributed by atoms with Gasteiger partial charge >= 0.3 is 0 Å². The van der Waals surface area contributed by atoms with Crippen LogP contribution in [0.5, 0.6) is 5.75 Å². The van der Waals surface area contributed by atoms with E-state index in [-0.39, 0.29) is 23.7 Å². The van der Waals surface area contributed by atoms with E-state index in [1.54, 1.807) is 32.0 Å². The molecule has 6 nitrogen and oxygen atoms in total. The first-order valence-corrected chi connectivity index (χ1v) is 12.7. The number of nitrogens with zero attached hydrogens (tertiary/aromatic N) is 2. The molecule has 0 saturated heterocycles. The van der Waals surface area contributed by atoms with E-state index < -0.39 is 20.2 Å². The Balaban J connectivity index is 1.60. The summed E-state index contributed by atoms with van der Waals surface area (Å²) in [7, 11) is -3.17. The van der Waals surface area contributed by atoms with Gasteiger partial charge < -0.3 is 4.74 Å². The molecule has 4 saturated carbocycles. The van der Waals surface area contributed by atoms with Gasteiger partial charge in [0.2, 0.25) is 0 Å². The quantitative estimate of drug-likeness (QED) is 0.314. The fraction of sp³-hybridized carbons (Fsp3) is 0.636. The Morgan fingerprint density at radius 2 is 1.87 bits per heavy atom. The second kappa shape index (κ2) is 7.13. The van der Waals surface area contributed by atoms with E-state index >= 15 is 0 Å². The summed E-state index contributed by atoms with van der Waals surface area (Å²) < 4.78 is 30.6. The molecule has 2 unspecified atom stereocenters. The predicted molar refractivity (Wildman–Crippen MR) is 116 cm³/mol. The number of para-hydroxylation sites is 1. The molecule has 2 atom stereocenters. The van der Waals surface area contributed by atoms with Crippen LogP contribution in [-0.4, -0.2) is 41.8 Å². The van der Waals surface area contributed by atoms with Crippen LogP contribution < -0.4 is 4.74 Å². The zero-order valence-electron chi connectivity index (χ0n) is 17.6. The summed E-state index contributed by atoms with van der Waals surface area (Å²) in [5.74, 6) is 1.14. The van der Waals surface area contributed by atoms with Crippen LogP contribution >= 0.6 is 11.6 Å². The largest absolute Gasteiger partial charge is 0.478 e. The maximum Gasteiger partial charge on any atom is 0.185 e. The molecule has 0 spiro atoms. The molecule has 0 heterocycles. The molecule has 1 aromatic carbocycles. The number of halogens is 1. The monoisotopic (exact) mass is 449 g/mol. The molecule has 4 bridgehead atoms. The van der Waals surface area contributed by atoms with Gasteiger partial charge in [-0.25, -0.2) is 8.42 Å². The van der Waals surface area contributed by atoms with Crippen molar-refractivity contribution in [1.82, 2.24) is 4.90 Å². The second-order valence-corrected chi connectivity index (χ2v) is 12.6. The van der Waals surface area contributed by atoms with Crippen molar-refractivity contribution in [3.63, 3.8) is 0 Å². The lowest BCUT2D eigenvalue weighted by atomic mass is 9.53. The number of nitrogens with one attached hydrogen (secondary N) is 1. The number of rotatable bonds is 5. The molecular weight excluding hydrogens is 422 g/mol.